The number of aliphatic hydroxyl groups excluding tert-OH is 1. The van der Waals surface area contributed by atoms with E-state index in [4.69, 9.17) is 16.7 Å². The summed E-state index contributed by atoms with van der Waals surface area (Å²) in [6, 6.07) is 2.82. The number of aromatic nitrogens is 1. The number of nitrogens with one attached hydrogen (secondary N) is 1. The minimum Gasteiger partial charge on any atom is -0.392 e. The Bertz CT molecular complexity index is 433. The molecule has 15 heavy (non-hydrogen) atoms. The normalized spacial score (nSPS) is 13.8. The van der Waals surface area contributed by atoms with Crippen molar-refractivity contribution in [1.29, 1.82) is 0 Å². The molecule has 0 aromatic carbocycles. The highest BCUT2D eigenvalue weighted by atomic mass is 35.5. The molecule has 0 aliphatic heterocycles. The molecule has 1 aromatic rings. The third-order valence-electron chi connectivity index (χ3n) is 1.58. The predicted octanol–water partition coefficient (Wildman–Crippen LogP) is 0.394. The van der Waals surface area contributed by atoms with Crippen molar-refractivity contribution in [2.45, 2.75) is 17.9 Å². The highest BCUT2D eigenvalue weighted by Crippen LogP contribution is 2.17. The quantitative estimate of drug-likeness (QED) is 0.758. The fourth-order valence-corrected chi connectivity index (χ4v) is 2.45. The number of pyridine rings is 1. The second-order valence-electron chi connectivity index (χ2n) is 2.99. The standard InChI is InChI=1S/C8H11ClN2O3S/c1-6(12)5-11-15(13,14)7-3-2-4-10-8(7)9/h2-4,6,11-12H,5H2,1H3/t6-/m0/s1. The van der Waals surface area contributed by atoms with Gasteiger partial charge in [0.2, 0.25) is 10.0 Å². The molecule has 0 spiro atoms. The van der Waals surface area contributed by atoms with Gasteiger partial charge in [-0.2, -0.15) is 0 Å². The molecule has 0 saturated carbocycles. The van der Waals surface area contributed by atoms with Crippen LogP contribution in [0.2, 0.25) is 5.15 Å². The number of halogens is 1. The molecule has 7 heteroatoms. The van der Waals surface area contributed by atoms with Crippen LogP contribution in [-0.4, -0.2) is 31.2 Å². The van der Waals surface area contributed by atoms with E-state index in [0.29, 0.717) is 0 Å². The van der Waals surface area contributed by atoms with Gasteiger partial charge in [0.25, 0.3) is 0 Å². The van der Waals surface area contributed by atoms with Crippen LogP contribution in [-0.2, 0) is 10.0 Å². The van der Waals surface area contributed by atoms with E-state index in [1.54, 1.807) is 0 Å². The number of nitrogens with zero attached hydrogens (tertiary/aromatic N) is 1. The molecule has 0 unspecified atom stereocenters. The first-order valence-corrected chi connectivity index (χ1v) is 6.08. The summed E-state index contributed by atoms with van der Waals surface area (Å²) in [7, 11) is -3.69. The second-order valence-corrected chi connectivity index (χ2v) is 5.09. The van der Waals surface area contributed by atoms with Gasteiger partial charge in [0.15, 0.2) is 0 Å². The van der Waals surface area contributed by atoms with Crippen LogP contribution in [0.5, 0.6) is 0 Å². The zero-order chi connectivity index (χ0) is 11.5. The Kier molecular flexibility index (Phi) is 4.04. The summed E-state index contributed by atoms with van der Waals surface area (Å²) < 4.78 is 25.4. The molecule has 1 atom stereocenters. The van der Waals surface area contributed by atoms with E-state index in [9.17, 15) is 8.42 Å². The number of hydrogen-bond donors (Lipinski definition) is 2. The Labute approximate surface area is 93.2 Å². The van der Waals surface area contributed by atoms with Gasteiger partial charge in [0.05, 0.1) is 6.10 Å². The van der Waals surface area contributed by atoms with Gasteiger partial charge in [-0.1, -0.05) is 11.6 Å². The monoisotopic (exact) mass is 250 g/mol. The Morgan fingerprint density at radius 1 is 1.67 bits per heavy atom. The fourth-order valence-electron chi connectivity index (χ4n) is 0.880. The van der Waals surface area contributed by atoms with Gasteiger partial charge >= 0.3 is 0 Å². The second kappa shape index (κ2) is 4.89. The summed E-state index contributed by atoms with van der Waals surface area (Å²) in [5.41, 5.74) is 0. The largest absolute Gasteiger partial charge is 0.392 e. The Hall–Kier alpha value is -0.690. The SMILES string of the molecule is C[C@H](O)CNS(=O)(=O)c1cccnc1Cl. The molecule has 0 saturated heterocycles. The lowest BCUT2D eigenvalue weighted by Crippen LogP contribution is -2.30. The average molecular weight is 251 g/mol. The molecule has 0 fully saturated rings. The average Bonchev–Trinajstić information content (AvgIpc) is 2.15. The first-order chi connectivity index (χ1) is 6.93. The van der Waals surface area contributed by atoms with Crippen LogP contribution >= 0.6 is 11.6 Å². The zero-order valence-electron chi connectivity index (χ0n) is 8.01. The van der Waals surface area contributed by atoms with E-state index in [1.807, 2.05) is 0 Å². The molecule has 84 valence electrons. The molecule has 0 radical (unpaired) electrons. The Morgan fingerprint density at radius 3 is 2.87 bits per heavy atom. The van der Waals surface area contributed by atoms with Crippen molar-refractivity contribution in [3.05, 3.63) is 23.5 Å². The third kappa shape index (κ3) is 3.42. The summed E-state index contributed by atoms with van der Waals surface area (Å²) in [5.74, 6) is 0. The lowest BCUT2D eigenvalue weighted by atomic mass is 10.4. The number of sulfonamides is 1. The lowest BCUT2D eigenvalue weighted by Gasteiger charge is -2.08. The van der Waals surface area contributed by atoms with Crippen molar-refractivity contribution in [3.63, 3.8) is 0 Å². The van der Waals surface area contributed by atoms with E-state index in [2.05, 4.69) is 9.71 Å². The van der Waals surface area contributed by atoms with Crippen LogP contribution < -0.4 is 4.72 Å². The highest BCUT2D eigenvalue weighted by molar-refractivity contribution is 7.89. The number of rotatable bonds is 4. The van der Waals surface area contributed by atoms with Gasteiger partial charge in [-0.3, -0.25) is 0 Å². The summed E-state index contributed by atoms with van der Waals surface area (Å²) in [4.78, 5) is 3.57. The van der Waals surface area contributed by atoms with Crippen molar-refractivity contribution in [1.82, 2.24) is 9.71 Å². The molecule has 1 aromatic heterocycles. The van der Waals surface area contributed by atoms with Gasteiger partial charge in [-0.05, 0) is 19.1 Å². The van der Waals surface area contributed by atoms with Gasteiger partial charge in [0, 0.05) is 12.7 Å². The predicted molar refractivity (Wildman–Crippen MR) is 56.1 cm³/mol. The van der Waals surface area contributed by atoms with E-state index in [-0.39, 0.29) is 16.6 Å². The van der Waals surface area contributed by atoms with Crippen molar-refractivity contribution in [2.75, 3.05) is 6.54 Å². The molecular weight excluding hydrogens is 240 g/mol. The molecule has 1 heterocycles. The Morgan fingerprint density at radius 2 is 2.33 bits per heavy atom. The van der Waals surface area contributed by atoms with Crippen LogP contribution in [0.4, 0.5) is 0 Å². The smallest absolute Gasteiger partial charge is 0.243 e. The van der Waals surface area contributed by atoms with Crippen LogP contribution in [0.3, 0.4) is 0 Å². The fraction of sp³-hybridized carbons (Fsp3) is 0.375. The number of hydrogen-bond acceptors (Lipinski definition) is 4. The van der Waals surface area contributed by atoms with Crippen molar-refractivity contribution in [2.24, 2.45) is 0 Å². The first kappa shape index (κ1) is 12.4. The minimum absolute atomic E-state index is 0.0619. The van der Waals surface area contributed by atoms with E-state index < -0.39 is 16.1 Å². The maximum Gasteiger partial charge on any atom is 0.243 e. The van der Waals surface area contributed by atoms with Gasteiger partial charge in [-0.15, -0.1) is 0 Å². The molecule has 1 rings (SSSR count). The first-order valence-electron chi connectivity index (χ1n) is 4.22. The van der Waals surface area contributed by atoms with Gasteiger partial charge < -0.3 is 5.11 Å². The Balaban J connectivity index is 2.92. The van der Waals surface area contributed by atoms with Crippen molar-refractivity contribution in [3.8, 4) is 0 Å². The molecule has 0 bridgehead atoms. The molecular formula is C8H11ClN2O3S. The van der Waals surface area contributed by atoms with Crippen LogP contribution in [0.15, 0.2) is 23.2 Å². The number of aliphatic hydroxyl groups is 1. The van der Waals surface area contributed by atoms with Crippen molar-refractivity contribution < 1.29 is 13.5 Å². The maximum absolute atomic E-state index is 11.6. The minimum atomic E-state index is -3.69. The molecule has 2 N–H and O–H groups in total. The molecule has 0 aliphatic carbocycles. The van der Waals surface area contributed by atoms with Gasteiger partial charge in [0.1, 0.15) is 10.0 Å². The summed E-state index contributed by atoms with van der Waals surface area (Å²) in [6.07, 6.45) is 0.644. The van der Waals surface area contributed by atoms with Crippen LogP contribution in [0, 0.1) is 0 Å². The van der Waals surface area contributed by atoms with Gasteiger partial charge in [-0.25, -0.2) is 18.1 Å². The van der Waals surface area contributed by atoms with E-state index in [1.165, 1.54) is 25.3 Å². The van der Waals surface area contributed by atoms with Crippen molar-refractivity contribution >= 4 is 21.6 Å². The van der Waals surface area contributed by atoms with E-state index in [0.717, 1.165) is 0 Å². The zero-order valence-corrected chi connectivity index (χ0v) is 9.59. The summed E-state index contributed by atoms with van der Waals surface area (Å²) in [5, 5.41) is 8.87. The topological polar surface area (TPSA) is 79.3 Å². The highest BCUT2D eigenvalue weighted by Gasteiger charge is 2.18. The molecule has 0 amide bonds. The van der Waals surface area contributed by atoms with Crippen LogP contribution in [0.1, 0.15) is 6.92 Å². The van der Waals surface area contributed by atoms with Crippen LogP contribution in [0.25, 0.3) is 0 Å². The summed E-state index contributed by atoms with van der Waals surface area (Å²) >= 11 is 5.63. The summed E-state index contributed by atoms with van der Waals surface area (Å²) in [6.45, 7) is 1.42. The lowest BCUT2D eigenvalue weighted by molar-refractivity contribution is 0.198. The third-order valence-corrected chi connectivity index (χ3v) is 3.45. The maximum atomic E-state index is 11.6. The molecule has 0 aliphatic rings. The molecule has 5 nitrogen and oxygen atoms in total. The van der Waals surface area contributed by atoms with E-state index >= 15 is 0 Å².